The smallest absolute Gasteiger partial charge is 0.258 e. The van der Waals surface area contributed by atoms with Crippen LogP contribution < -0.4 is 5.56 Å². The van der Waals surface area contributed by atoms with Crippen molar-refractivity contribution in [3.63, 3.8) is 0 Å². The lowest BCUT2D eigenvalue weighted by Gasteiger charge is -2.42. The van der Waals surface area contributed by atoms with E-state index in [2.05, 4.69) is 0 Å². The van der Waals surface area contributed by atoms with Crippen molar-refractivity contribution < 1.29 is 8.42 Å². The number of thioether (sulfide) groups is 1. The zero-order chi connectivity index (χ0) is 19.9. The second-order valence-electron chi connectivity index (χ2n) is 7.75. The number of benzene rings is 1. The zero-order valence-electron chi connectivity index (χ0n) is 16.3. The highest BCUT2D eigenvalue weighted by molar-refractivity contribution is 7.98. The van der Waals surface area contributed by atoms with Crippen LogP contribution in [-0.2, 0) is 16.6 Å². The molecule has 3 heterocycles. The zero-order valence-corrected chi connectivity index (χ0v) is 17.9. The average Bonchev–Trinajstić information content (AvgIpc) is 2.69. The molecule has 2 atom stereocenters. The van der Waals surface area contributed by atoms with E-state index >= 15 is 0 Å². The summed E-state index contributed by atoms with van der Waals surface area (Å²) in [6, 6.07) is 12.0. The summed E-state index contributed by atoms with van der Waals surface area (Å²) in [5.41, 5.74) is 2.66. The fraction of sp³-hybridized carbons (Fsp3) is 0.476. The molecule has 2 aliphatic heterocycles. The molecule has 1 saturated heterocycles. The topological polar surface area (TPSA) is 59.4 Å². The van der Waals surface area contributed by atoms with Crippen molar-refractivity contribution in [3.8, 4) is 11.1 Å². The average molecular weight is 419 g/mol. The van der Waals surface area contributed by atoms with Gasteiger partial charge >= 0.3 is 0 Å². The largest absolute Gasteiger partial charge is 0.311 e. The van der Waals surface area contributed by atoms with Gasteiger partial charge in [-0.2, -0.15) is 0 Å². The molecule has 0 saturated carbocycles. The first-order valence-corrected chi connectivity index (χ1v) is 12.6. The van der Waals surface area contributed by atoms with Crippen molar-refractivity contribution >= 4 is 21.8 Å². The Morgan fingerprint density at radius 1 is 1.07 bits per heavy atom. The lowest BCUT2D eigenvalue weighted by atomic mass is 9.84. The van der Waals surface area contributed by atoms with Crippen molar-refractivity contribution in [2.75, 3.05) is 25.1 Å². The number of nitrogens with zero attached hydrogens (tertiary/aromatic N) is 2. The molecule has 2 aliphatic rings. The molecule has 7 heteroatoms. The maximum atomic E-state index is 13.2. The lowest BCUT2D eigenvalue weighted by molar-refractivity contribution is 0.186. The highest BCUT2D eigenvalue weighted by Gasteiger charge is 2.38. The van der Waals surface area contributed by atoms with Crippen LogP contribution >= 0.6 is 11.8 Å². The molecule has 1 aromatic heterocycles. The van der Waals surface area contributed by atoms with Gasteiger partial charge in [0.2, 0.25) is 10.0 Å². The number of hydrogen-bond donors (Lipinski definition) is 0. The molecule has 28 heavy (non-hydrogen) atoms. The van der Waals surface area contributed by atoms with E-state index in [1.165, 1.54) is 4.90 Å². The van der Waals surface area contributed by atoms with Crippen LogP contribution in [0.3, 0.4) is 0 Å². The Kier molecular flexibility index (Phi) is 5.42. The number of sulfonamides is 1. The van der Waals surface area contributed by atoms with E-state index in [4.69, 9.17) is 0 Å². The van der Waals surface area contributed by atoms with Crippen molar-refractivity contribution in [2.45, 2.75) is 37.1 Å². The van der Waals surface area contributed by atoms with Gasteiger partial charge in [-0.25, -0.2) is 12.7 Å². The molecule has 5 nitrogen and oxygen atoms in total. The van der Waals surface area contributed by atoms with Gasteiger partial charge in [-0.15, -0.1) is 11.8 Å². The molecule has 2 aromatic rings. The van der Waals surface area contributed by atoms with E-state index in [9.17, 15) is 13.2 Å². The Labute approximate surface area is 170 Å². The van der Waals surface area contributed by atoms with Gasteiger partial charge in [-0.1, -0.05) is 19.1 Å². The molecule has 0 spiro atoms. The van der Waals surface area contributed by atoms with Gasteiger partial charge in [-0.05, 0) is 54.8 Å². The number of pyridine rings is 1. The van der Waals surface area contributed by atoms with E-state index < -0.39 is 10.0 Å². The Morgan fingerprint density at radius 3 is 2.50 bits per heavy atom. The quantitative estimate of drug-likeness (QED) is 0.699. The first-order chi connectivity index (χ1) is 13.4. The summed E-state index contributed by atoms with van der Waals surface area (Å²) in [5.74, 6) is 0.494. The first-order valence-electron chi connectivity index (χ1n) is 9.79. The molecule has 150 valence electrons. The summed E-state index contributed by atoms with van der Waals surface area (Å²) in [4.78, 5) is 14.4. The van der Waals surface area contributed by atoms with Gasteiger partial charge in [0.25, 0.3) is 5.56 Å². The fourth-order valence-corrected chi connectivity index (χ4v) is 6.53. The maximum Gasteiger partial charge on any atom is 0.258 e. The van der Waals surface area contributed by atoms with Crippen LogP contribution in [0.1, 0.15) is 31.4 Å². The van der Waals surface area contributed by atoms with Crippen LogP contribution in [0.25, 0.3) is 11.1 Å². The molecule has 0 aliphatic carbocycles. The predicted molar refractivity (Wildman–Crippen MR) is 114 cm³/mol. The van der Waals surface area contributed by atoms with Gasteiger partial charge < -0.3 is 4.57 Å². The highest BCUT2D eigenvalue weighted by Crippen LogP contribution is 2.37. The molecule has 2 bridgehead atoms. The van der Waals surface area contributed by atoms with E-state index in [1.807, 2.05) is 54.1 Å². The lowest BCUT2D eigenvalue weighted by Crippen LogP contribution is -2.49. The van der Waals surface area contributed by atoms with Gasteiger partial charge in [0.05, 0.1) is 5.75 Å². The highest BCUT2D eigenvalue weighted by atomic mass is 32.2. The third-order valence-electron chi connectivity index (χ3n) is 5.83. The molecule has 4 rings (SSSR count). The van der Waals surface area contributed by atoms with Crippen LogP contribution in [0.5, 0.6) is 0 Å². The Hall–Kier alpha value is -1.57. The van der Waals surface area contributed by atoms with Crippen molar-refractivity contribution in [1.82, 2.24) is 8.87 Å². The number of hydrogen-bond acceptors (Lipinski definition) is 4. The van der Waals surface area contributed by atoms with Crippen LogP contribution in [0, 0.1) is 5.92 Å². The molecule has 0 radical (unpaired) electrons. The monoisotopic (exact) mass is 418 g/mol. The van der Waals surface area contributed by atoms with E-state index in [0.717, 1.165) is 17.7 Å². The van der Waals surface area contributed by atoms with Gasteiger partial charge in [0, 0.05) is 41.7 Å². The van der Waals surface area contributed by atoms with Gasteiger partial charge in [0.1, 0.15) is 0 Å². The Bertz CT molecular complexity index is 1030. The first kappa shape index (κ1) is 19.7. The predicted octanol–water partition coefficient (Wildman–Crippen LogP) is 3.40. The summed E-state index contributed by atoms with van der Waals surface area (Å²) >= 11 is 1.68. The third kappa shape index (κ3) is 3.55. The number of fused-ring (bicyclic) bond motifs is 4. The van der Waals surface area contributed by atoms with Crippen LogP contribution in [0.2, 0.25) is 0 Å². The third-order valence-corrected chi connectivity index (χ3v) is 8.58. The minimum absolute atomic E-state index is 0.0361. The SMILES string of the molecule is CCCS(=O)(=O)N1C[C@@H]2C[C@H](C1)c1ccc(-c3ccc(SC)cc3)c(=O)n1C2. The van der Waals surface area contributed by atoms with Gasteiger partial charge in [0.15, 0.2) is 0 Å². The summed E-state index contributed by atoms with van der Waals surface area (Å²) in [5, 5.41) is 0. The summed E-state index contributed by atoms with van der Waals surface area (Å²) in [6.45, 7) is 3.50. The van der Waals surface area contributed by atoms with Crippen molar-refractivity contribution in [2.24, 2.45) is 5.92 Å². The number of piperidine rings is 1. The maximum absolute atomic E-state index is 13.2. The van der Waals surface area contributed by atoms with Crippen molar-refractivity contribution in [1.29, 1.82) is 0 Å². The molecular formula is C21H26N2O3S2. The number of rotatable bonds is 5. The summed E-state index contributed by atoms with van der Waals surface area (Å²) < 4.78 is 28.6. The van der Waals surface area contributed by atoms with Crippen LogP contribution in [0.4, 0.5) is 0 Å². The summed E-state index contributed by atoms with van der Waals surface area (Å²) in [6.07, 6.45) is 3.62. The molecule has 1 fully saturated rings. The van der Waals surface area contributed by atoms with E-state index in [1.54, 1.807) is 16.1 Å². The Balaban J connectivity index is 1.68. The second-order valence-corrected chi connectivity index (χ2v) is 10.7. The molecule has 1 aromatic carbocycles. The minimum atomic E-state index is -3.20. The van der Waals surface area contributed by atoms with E-state index in [0.29, 0.717) is 31.6 Å². The normalized spacial score (nSPS) is 22.1. The minimum Gasteiger partial charge on any atom is -0.311 e. The summed E-state index contributed by atoms with van der Waals surface area (Å²) in [7, 11) is -3.20. The standard InChI is InChI=1S/C21H26N2O3S2/c1-3-10-28(25,26)22-12-15-11-17(14-22)20-9-8-19(21(24)23(20)13-15)16-4-6-18(27-2)7-5-16/h4-9,15,17H,3,10-14H2,1-2H3/t15-,17+/m0/s1. The fourth-order valence-electron chi connectivity index (χ4n) is 4.51. The van der Waals surface area contributed by atoms with Crippen LogP contribution in [-0.4, -0.2) is 42.4 Å². The molecule has 0 unspecified atom stereocenters. The Morgan fingerprint density at radius 2 is 1.82 bits per heavy atom. The molecule has 0 amide bonds. The van der Waals surface area contributed by atoms with Crippen molar-refractivity contribution in [3.05, 3.63) is 52.4 Å². The number of aromatic nitrogens is 1. The molecule has 0 N–H and O–H groups in total. The van der Waals surface area contributed by atoms with Gasteiger partial charge in [-0.3, -0.25) is 4.79 Å². The molecular weight excluding hydrogens is 392 g/mol. The van der Waals surface area contributed by atoms with E-state index in [-0.39, 0.29) is 23.1 Å². The second kappa shape index (κ2) is 7.69. The van der Waals surface area contributed by atoms with Crippen LogP contribution in [0.15, 0.2) is 46.1 Å².